The molecule has 2 aromatic heterocycles. The zero-order valence-corrected chi connectivity index (χ0v) is 14.8. The molecule has 23 heavy (non-hydrogen) atoms. The van der Waals surface area contributed by atoms with Gasteiger partial charge in [-0.3, -0.25) is 4.90 Å². The summed E-state index contributed by atoms with van der Waals surface area (Å²) in [6.07, 6.45) is 2.27. The van der Waals surface area contributed by atoms with Gasteiger partial charge in [-0.1, -0.05) is 13.8 Å². The lowest BCUT2D eigenvalue weighted by Gasteiger charge is -2.25. The van der Waals surface area contributed by atoms with Crippen LogP contribution in [0.4, 0.5) is 0 Å². The van der Waals surface area contributed by atoms with Crippen molar-refractivity contribution in [1.29, 1.82) is 0 Å². The van der Waals surface area contributed by atoms with Crippen molar-refractivity contribution in [2.75, 3.05) is 19.7 Å². The van der Waals surface area contributed by atoms with Crippen molar-refractivity contribution in [3.63, 3.8) is 0 Å². The summed E-state index contributed by atoms with van der Waals surface area (Å²) in [6, 6.07) is 5.86. The average molecular weight is 337 g/mol. The van der Waals surface area contributed by atoms with Crippen molar-refractivity contribution in [3.05, 3.63) is 46.5 Å². The highest BCUT2D eigenvalue weighted by molar-refractivity contribution is 7.07. The van der Waals surface area contributed by atoms with Gasteiger partial charge in [-0.05, 0) is 53.4 Å². The summed E-state index contributed by atoms with van der Waals surface area (Å²) in [4.78, 5) is 2.31. The lowest BCUT2D eigenvalue weighted by Crippen LogP contribution is -2.35. The molecular weight excluding hydrogens is 310 g/mol. The Balaban J connectivity index is 1.75. The number of nitrogens with zero attached hydrogens (tertiary/aromatic N) is 1. The number of rotatable bonds is 11. The molecule has 0 aromatic carbocycles. The van der Waals surface area contributed by atoms with Crippen molar-refractivity contribution in [1.82, 2.24) is 4.90 Å². The molecule has 128 valence electrons. The number of aliphatic hydroxyl groups excluding tert-OH is 1. The number of hydrogen-bond donors (Lipinski definition) is 1. The molecule has 0 fully saturated rings. The molecule has 0 amide bonds. The minimum Gasteiger partial charge on any atom is -0.467 e. The zero-order valence-electron chi connectivity index (χ0n) is 14.0. The molecule has 5 heteroatoms. The maximum atomic E-state index is 10.2. The first kappa shape index (κ1) is 18.2. The summed E-state index contributed by atoms with van der Waals surface area (Å²) < 4.78 is 10.7. The fraction of sp³-hybridized carbons (Fsp3) is 0.556. The van der Waals surface area contributed by atoms with Crippen LogP contribution in [0.1, 0.15) is 31.6 Å². The molecular formula is C18H27NO3S. The van der Waals surface area contributed by atoms with Crippen LogP contribution < -0.4 is 0 Å². The van der Waals surface area contributed by atoms with E-state index < -0.39 is 6.10 Å². The Morgan fingerprint density at radius 1 is 1.35 bits per heavy atom. The smallest absolute Gasteiger partial charge is 0.129 e. The van der Waals surface area contributed by atoms with Crippen molar-refractivity contribution >= 4 is 11.3 Å². The van der Waals surface area contributed by atoms with Crippen LogP contribution in [0.25, 0.3) is 0 Å². The zero-order chi connectivity index (χ0) is 16.5. The highest BCUT2D eigenvalue weighted by Crippen LogP contribution is 2.12. The van der Waals surface area contributed by atoms with Crippen LogP contribution in [0.3, 0.4) is 0 Å². The standard InChI is InChI=1S/C18H27NO3S/c1-15(2)5-7-19(10-16-6-9-23-14-16)11-17(20)12-21-13-18-4-3-8-22-18/h3-4,6,8-9,14-15,17,20H,5,7,10-13H2,1-2H3/t17-/m1/s1. The SMILES string of the molecule is CC(C)CCN(Cc1ccsc1)C[C@@H](O)COCc1ccco1. The fourth-order valence-corrected chi connectivity index (χ4v) is 3.02. The van der Waals surface area contributed by atoms with E-state index in [4.69, 9.17) is 9.15 Å². The molecule has 0 aliphatic rings. The van der Waals surface area contributed by atoms with E-state index in [1.54, 1.807) is 17.6 Å². The van der Waals surface area contributed by atoms with E-state index in [9.17, 15) is 5.11 Å². The first-order valence-corrected chi connectivity index (χ1v) is 9.09. The van der Waals surface area contributed by atoms with Crippen LogP contribution >= 0.6 is 11.3 Å². The van der Waals surface area contributed by atoms with Crippen molar-refractivity contribution in [2.24, 2.45) is 5.92 Å². The van der Waals surface area contributed by atoms with E-state index >= 15 is 0 Å². The number of thiophene rings is 1. The Morgan fingerprint density at radius 2 is 2.22 bits per heavy atom. The largest absolute Gasteiger partial charge is 0.467 e. The molecule has 0 aliphatic heterocycles. The van der Waals surface area contributed by atoms with Crippen LogP contribution in [0, 0.1) is 5.92 Å². The molecule has 2 aromatic rings. The van der Waals surface area contributed by atoms with Crippen LogP contribution in [-0.2, 0) is 17.9 Å². The van der Waals surface area contributed by atoms with Gasteiger partial charge in [0.2, 0.25) is 0 Å². The molecule has 0 saturated carbocycles. The second-order valence-electron chi connectivity index (χ2n) is 6.30. The summed E-state index contributed by atoms with van der Waals surface area (Å²) in [5.41, 5.74) is 1.31. The third kappa shape index (κ3) is 7.31. The topological polar surface area (TPSA) is 45.8 Å². The number of ether oxygens (including phenoxy) is 1. The predicted molar refractivity (Wildman–Crippen MR) is 93.4 cm³/mol. The normalized spacial score (nSPS) is 13.1. The minimum absolute atomic E-state index is 0.322. The monoisotopic (exact) mass is 337 g/mol. The highest BCUT2D eigenvalue weighted by atomic mass is 32.1. The summed E-state index contributed by atoms with van der Waals surface area (Å²) in [5, 5.41) is 14.5. The number of furan rings is 1. The molecule has 1 atom stereocenters. The second kappa shape index (κ2) is 9.88. The quantitative estimate of drug-likeness (QED) is 0.678. The Morgan fingerprint density at radius 3 is 2.87 bits per heavy atom. The van der Waals surface area contributed by atoms with Crippen LogP contribution in [-0.4, -0.2) is 35.8 Å². The van der Waals surface area contributed by atoms with Crippen molar-refractivity contribution in [2.45, 2.75) is 39.5 Å². The fourth-order valence-electron chi connectivity index (χ4n) is 2.36. The Bertz CT molecular complexity index is 510. The summed E-state index contributed by atoms with van der Waals surface area (Å²) in [6.45, 7) is 7.68. The van der Waals surface area contributed by atoms with Gasteiger partial charge in [-0.15, -0.1) is 0 Å². The lowest BCUT2D eigenvalue weighted by atomic mass is 10.1. The van der Waals surface area contributed by atoms with Gasteiger partial charge >= 0.3 is 0 Å². The van der Waals surface area contributed by atoms with E-state index in [1.165, 1.54) is 5.56 Å². The van der Waals surface area contributed by atoms with E-state index in [2.05, 4.69) is 35.6 Å². The summed E-state index contributed by atoms with van der Waals surface area (Å²) >= 11 is 1.71. The van der Waals surface area contributed by atoms with Gasteiger partial charge in [-0.25, -0.2) is 0 Å². The third-order valence-corrected chi connectivity index (χ3v) is 4.34. The predicted octanol–water partition coefficient (Wildman–Crippen LogP) is 3.77. The minimum atomic E-state index is -0.490. The highest BCUT2D eigenvalue weighted by Gasteiger charge is 2.14. The van der Waals surface area contributed by atoms with E-state index in [-0.39, 0.29) is 0 Å². The second-order valence-corrected chi connectivity index (χ2v) is 7.08. The van der Waals surface area contributed by atoms with Crippen LogP contribution in [0.5, 0.6) is 0 Å². The van der Waals surface area contributed by atoms with Gasteiger partial charge in [-0.2, -0.15) is 11.3 Å². The summed E-state index contributed by atoms with van der Waals surface area (Å²) in [7, 11) is 0. The summed E-state index contributed by atoms with van der Waals surface area (Å²) in [5.74, 6) is 1.44. The number of hydrogen-bond acceptors (Lipinski definition) is 5. The maximum absolute atomic E-state index is 10.2. The Kier molecular flexibility index (Phi) is 7.82. The van der Waals surface area contributed by atoms with Gasteiger partial charge < -0.3 is 14.3 Å². The molecule has 1 N–H and O–H groups in total. The first-order valence-electron chi connectivity index (χ1n) is 8.15. The Hall–Kier alpha value is -1.14. The number of aliphatic hydroxyl groups is 1. The van der Waals surface area contributed by atoms with E-state index in [0.29, 0.717) is 25.7 Å². The van der Waals surface area contributed by atoms with Gasteiger partial charge in [0.05, 0.1) is 19.0 Å². The maximum Gasteiger partial charge on any atom is 0.129 e. The van der Waals surface area contributed by atoms with Gasteiger partial charge in [0, 0.05) is 13.1 Å². The molecule has 0 aliphatic carbocycles. The van der Waals surface area contributed by atoms with Crippen LogP contribution in [0.15, 0.2) is 39.6 Å². The average Bonchev–Trinajstić information content (AvgIpc) is 3.18. The molecule has 0 radical (unpaired) electrons. The molecule has 0 unspecified atom stereocenters. The van der Waals surface area contributed by atoms with Gasteiger partial charge in [0.1, 0.15) is 12.4 Å². The molecule has 2 rings (SSSR count). The van der Waals surface area contributed by atoms with Gasteiger partial charge in [0.25, 0.3) is 0 Å². The molecule has 0 saturated heterocycles. The van der Waals surface area contributed by atoms with E-state index in [0.717, 1.165) is 25.3 Å². The molecule has 0 bridgehead atoms. The third-order valence-electron chi connectivity index (χ3n) is 3.61. The lowest BCUT2D eigenvalue weighted by molar-refractivity contribution is 0.00327. The van der Waals surface area contributed by atoms with Gasteiger partial charge in [0.15, 0.2) is 0 Å². The molecule has 2 heterocycles. The van der Waals surface area contributed by atoms with Crippen molar-refractivity contribution in [3.8, 4) is 0 Å². The van der Waals surface area contributed by atoms with Crippen LogP contribution in [0.2, 0.25) is 0 Å². The molecule has 0 spiro atoms. The van der Waals surface area contributed by atoms with E-state index in [1.807, 2.05) is 12.1 Å². The van der Waals surface area contributed by atoms with Crippen molar-refractivity contribution < 1.29 is 14.3 Å². The molecule has 4 nitrogen and oxygen atoms in total. The Labute approximate surface area is 142 Å². The first-order chi connectivity index (χ1) is 11.1.